The van der Waals surface area contributed by atoms with Crippen LogP contribution in [0.5, 0.6) is 0 Å². The summed E-state index contributed by atoms with van der Waals surface area (Å²) in [7, 11) is 4.47. The summed E-state index contributed by atoms with van der Waals surface area (Å²) in [4.78, 5) is 16.3. The number of thiophene rings is 1. The van der Waals surface area contributed by atoms with E-state index in [0.29, 0.717) is 17.7 Å². The highest BCUT2D eigenvalue weighted by Crippen LogP contribution is 2.40. The van der Waals surface area contributed by atoms with E-state index >= 15 is 0 Å². The van der Waals surface area contributed by atoms with Crippen molar-refractivity contribution in [2.24, 2.45) is 5.92 Å². The molecule has 0 amide bonds. The average molecular weight is 455 g/mol. The number of unbranched alkanes of at least 4 members (excludes halogenated alkanes) is 1. The van der Waals surface area contributed by atoms with Gasteiger partial charge in [-0.15, -0.1) is 11.3 Å². The highest BCUT2D eigenvalue weighted by Gasteiger charge is 2.25. The molecule has 7 heteroatoms. The number of aromatic nitrogens is 3. The number of nitrogens with two attached hydrogens (primary N) is 1. The quantitative estimate of drug-likeness (QED) is 0.584. The average Bonchev–Trinajstić information content (AvgIpc) is 3.36. The Balaban J connectivity index is 1.58. The molecule has 5 rings (SSSR count). The van der Waals surface area contributed by atoms with Gasteiger partial charge in [-0.3, -0.25) is 0 Å². The standard InChI is InChI=1S/C25H38N6S/c1-4-5-6-21-28-22-23(31(21)16-17-7-11-29(2)12-8-17)24-19(27-25(22)26)15-20(32-24)18-9-13-30(3)14-10-18/h15,17-18H,4-14,16H2,1-3H3,(H2,26,27). The third kappa shape index (κ3) is 4.27. The first-order valence-electron chi connectivity index (χ1n) is 12.5. The molecule has 0 saturated carbocycles. The SMILES string of the molecule is CCCCc1nc2c(N)nc3cc(C4CCN(C)CC4)sc3c2n1CC1CCN(C)CC1. The molecule has 6 nitrogen and oxygen atoms in total. The number of nitrogens with zero attached hydrogens (tertiary/aromatic N) is 5. The molecule has 0 aromatic carbocycles. The maximum Gasteiger partial charge on any atom is 0.152 e. The molecular formula is C25H38N6S. The Morgan fingerprint density at radius 2 is 1.72 bits per heavy atom. The summed E-state index contributed by atoms with van der Waals surface area (Å²) in [6, 6.07) is 2.32. The highest BCUT2D eigenvalue weighted by molar-refractivity contribution is 7.20. The van der Waals surface area contributed by atoms with E-state index < -0.39 is 0 Å². The number of hydrogen-bond acceptors (Lipinski definition) is 6. The van der Waals surface area contributed by atoms with Crippen LogP contribution >= 0.6 is 11.3 Å². The lowest BCUT2D eigenvalue weighted by Crippen LogP contribution is -2.32. The van der Waals surface area contributed by atoms with Crippen LogP contribution in [0.15, 0.2) is 6.07 Å². The topological polar surface area (TPSA) is 63.2 Å². The molecule has 2 N–H and O–H groups in total. The second-order valence-corrected chi connectivity index (χ2v) is 11.2. The van der Waals surface area contributed by atoms with Crippen molar-refractivity contribution in [1.29, 1.82) is 0 Å². The Labute approximate surface area is 195 Å². The smallest absolute Gasteiger partial charge is 0.152 e. The van der Waals surface area contributed by atoms with Gasteiger partial charge >= 0.3 is 0 Å². The first kappa shape index (κ1) is 22.1. The van der Waals surface area contributed by atoms with Gasteiger partial charge in [0.05, 0.1) is 15.7 Å². The fourth-order valence-electron chi connectivity index (χ4n) is 5.46. The van der Waals surface area contributed by atoms with Crippen LogP contribution in [0.1, 0.15) is 62.1 Å². The Morgan fingerprint density at radius 1 is 1.03 bits per heavy atom. The Morgan fingerprint density at radius 3 is 2.41 bits per heavy atom. The third-order valence-electron chi connectivity index (χ3n) is 7.63. The number of likely N-dealkylation sites (tertiary alicyclic amines) is 2. The fraction of sp³-hybridized carbons (Fsp3) is 0.680. The number of aryl methyl sites for hydroxylation is 1. The van der Waals surface area contributed by atoms with Gasteiger partial charge in [0.1, 0.15) is 11.3 Å². The van der Waals surface area contributed by atoms with E-state index in [9.17, 15) is 0 Å². The van der Waals surface area contributed by atoms with Crippen molar-refractivity contribution < 1.29 is 0 Å². The number of fused-ring (bicyclic) bond motifs is 3. The van der Waals surface area contributed by atoms with Crippen molar-refractivity contribution in [1.82, 2.24) is 24.3 Å². The molecule has 2 fully saturated rings. The first-order chi connectivity index (χ1) is 15.5. The molecule has 3 aromatic heterocycles. The van der Waals surface area contributed by atoms with E-state index in [-0.39, 0.29) is 0 Å². The summed E-state index contributed by atoms with van der Waals surface area (Å²) in [6.45, 7) is 8.06. The van der Waals surface area contributed by atoms with Gasteiger partial charge in [-0.25, -0.2) is 9.97 Å². The van der Waals surface area contributed by atoms with Crippen LogP contribution in [0.2, 0.25) is 0 Å². The minimum absolute atomic E-state index is 0.597. The van der Waals surface area contributed by atoms with Crippen molar-refractivity contribution in [3.63, 3.8) is 0 Å². The molecule has 0 spiro atoms. The molecule has 0 aliphatic carbocycles. The van der Waals surface area contributed by atoms with Crippen LogP contribution < -0.4 is 5.73 Å². The minimum Gasteiger partial charge on any atom is -0.382 e. The van der Waals surface area contributed by atoms with Crippen molar-refractivity contribution in [2.45, 2.75) is 64.3 Å². The molecule has 3 aromatic rings. The Bertz CT molecular complexity index is 1070. The zero-order chi connectivity index (χ0) is 22.2. The fourth-order valence-corrected chi connectivity index (χ4v) is 6.78. The molecule has 2 aliphatic rings. The van der Waals surface area contributed by atoms with Crippen LogP contribution in [-0.4, -0.2) is 64.6 Å². The zero-order valence-electron chi connectivity index (χ0n) is 19.9. The zero-order valence-corrected chi connectivity index (χ0v) is 20.8. The van der Waals surface area contributed by atoms with Crippen LogP contribution in [0.4, 0.5) is 5.82 Å². The number of piperidine rings is 2. The van der Waals surface area contributed by atoms with Crippen LogP contribution in [0.25, 0.3) is 21.3 Å². The Hall–Kier alpha value is -1.70. The van der Waals surface area contributed by atoms with Gasteiger partial charge in [-0.1, -0.05) is 13.3 Å². The highest BCUT2D eigenvalue weighted by atomic mass is 32.1. The molecule has 174 valence electrons. The second-order valence-electron chi connectivity index (χ2n) is 10.1. The lowest BCUT2D eigenvalue weighted by atomic mass is 9.95. The van der Waals surface area contributed by atoms with Gasteiger partial charge in [0.25, 0.3) is 0 Å². The molecule has 32 heavy (non-hydrogen) atoms. The van der Waals surface area contributed by atoms with Crippen LogP contribution in [0.3, 0.4) is 0 Å². The Kier molecular flexibility index (Phi) is 6.41. The summed E-state index contributed by atoms with van der Waals surface area (Å²) >= 11 is 1.95. The van der Waals surface area contributed by atoms with E-state index in [4.69, 9.17) is 15.7 Å². The van der Waals surface area contributed by atoms with Gasteiger partial charge in [-0.2, -0.15) is 0 Å². The molecule has 5 heterocycles. The normalized spacial score (nSPS) is 20.1. The van der Waals surface area contributed by atoms with E-state index in [2.05, 4.69) is 41.5 Å². The van der Waals surface area contributed by atoms with E-state index in [0.717, 1.165) is 24.0 Å². The summed E-state index contributed by atoms with van der Waals surface area (Å²) < 4.78 is 3.84. The molecule has 2 aliphatic heterocycles. The third-order valence-corrected chi connectivity index (χ3v) is 8.92. The van der Waals surface area contributed by atoms with Crippen molar-refractivity contribution in [3.05, 3.63) is 16.8 Å². The van der Waals surface area contributed by atoms with Crippen LogP contribution in [0, 0.1) is 5.92 Å². The molecule has 0 bridgehead atoms. The van der Waals surface area contributed by atoms with Gasteiger partial charge in [0.15, 0.2) is 5.82 Å². The minimum atomic E-state index is 0.597. The summed E-state index contributed by atoms with van der Waals surface area (Å²) in [6.07, 6.45) is 8.36. The number of imidazole rings is 1. The van der Waals surface area contributed by atoms with Crippen LogP contribution in [-0.2, 0) is 13.0 Å². The maximum absolute atomic E-state index is 6.49. The monoisotopic (exact) mass is 454 g/mol. The van der Waals surface area contributed by atoms with Crippen molar-refractivity contribution in [3.8, 4) is 0 Å². The van der Waals surface area contributed by atoms with E-state index in [1.165, 1.54) is 85.6 Å². The predicted molar refractivity (Wildman–Crippen MR) is 136 cm³/mol. The lowest BCUT2D eigenvalue weighted by Gasteiger charge is -2.29. The number of pyridine rings is 1. The number of hydrogen-bond donors (Lipinski definition) is 1. The van der Waals surface area contributed by atoms with Gasteiger partial charge < -0.3 is 20.1 Å². The summed E-state index contributed by atoms with van der Waals surface area (Å²) in [5.41, 5.74) is 9.74. The number of anilines is 1. The number of nitrogen functional groups attached to an aromatic ring is 1. The molecule has 0 unspecified atom stereocenters. The molecular weight excluding hydrogens is 416 g/mol. The van der Waals surface area contributed by atoms with Crippen molar-refractivity contribution >= 4 is 38.4 Å². The largest absolute Gasteiger partial charge is 0.382 e. The maximum atomic E-state index is 6.49. The van der Waals surface area contributed by atoms with Gasteiger partial charge in [0.2, 0.25) is 0 Å². The molecule has 0 radical (unpaired) electrons. The van der Waals surface area contributed by atoms with E-state index in [1.807, 2.05) is 11.3 Å². The second kappa shape index (κ2) is 9.27. The first-order valence-corrected chi connectivity index (χ1v) is 13.3. The summed E-state index contributed by atoms with van der Waals surface area (Å²) in [5, 5.41) is 0. The number of rotatable bonds is 6. The lowest BCUT2D eigenvalue weighted by molar-refractivity contribution is 0.205. The summed E-state index contributed by atoms with van der Waals surface area (Å²) in [5.74, 6) is 3.16. The molecule has 0 atom stereocenters. The van der Waals surface area contributed by atoms with Crippen molar-refractivity contribution in [2.75, 3.05) is 46.0 Å². The van der Waals surface area contributed by atoms with E-state index in [1.54, 1.807) is 0 Å². The predicted octanol–water partition coefficient (Wildman–Crippen LogP) is 4.72. The van der Waals surface area contributed by atoms with Gasteiger partial charge in [-0.05, 0) is 90.3 Å². The molecule has 2 saturated heterocycles. The van der Waals surface area contributed by atoms with Gasteiger partial charge in [0, 0.05) is 17.8 Å².